The van der Waals surface area contributed by atoms with Crippen molar-refractivity contribution in [2.75, 3.05) is 6.61 Å². The highest BCUT2D eigenvalue weighted by Crippen LogP contribution is 2.31. The highest BCUT2D eigenvalue weighted by molar-refractivity contribution is 5.78. The predicted molar refractivity (Wildman–Crippen MR) is 96.3 cm³/mol. The fourth-order valence-corrected chi connectivity index (χ4v) is 3.33. The Labute approximate surface area is 144 Å². The summed E-state index contributed by atoms with van der Waals surface area (Å²) in [5.74, 6) is 1.18. The minimum absolute atomic E-state index is 0.0596. The smallest absolute Gasteiger partial charge is 0.258 e. The predicted octanol–water partition coefficient (Wildman–Crippen LogP) is 4.38. The molecule has 0 saturated carbocycles. The van der Waals surface area contributed by atoms with E-state index >= 15 is 0 Å². The normalized spacial score (nSPS) is 17.2. The lowest BCUT2D eigenvalue weighted by molar-refractivity contribution is -0.123. The Kier molecular flexibility index (Phi) is 5.19. The number of hydrogen-bond acceptors (Lipinski definition) is 2. The molecule has 0 saturated heterocycles. The summed E-state index contributed by atoms with van der Waals surface area (Å²) in [4.78, 5) is 12.3. The van der Waals surface area contributed by atoms with E-state index in [4.69, 9.17) is 4.74 Å². The van der Waals surface area contributed by atoms with E-state index in [0.29, 0.717) is 5.92 Å². The second-order valence-corrected chi connectivity index (χ2v) is 6.49. The zero-order chi connectivity index (χ0) is 16.9. The molecule has 24 heavy (non-hydrogen) atoms. The van der Waals surface area contributed by atoms with Crippen molar-refractivity contribution in [3.63, 3.8) is 0 Å². The molecule has 1 aliphatic carbocycles. The molecule has 0 radical (unpaired) electrons. The maximum absolute atomic E-state index is 12.3. The molecule has 0 aliphatic heterocycles. The van der Waals surface area contributed by atoms with Crippen LogP contribution < -0.4 is 10.1 Å². The lowest BCUT2D eigenvalue weighted by Gasteiger charge is -2.17. The number of aryl methyl sites for hydroxylation is 1. The number of carbonyl (C=O) groups excluding carboxylic acids is 1. The molecule has 3 nitrogen and oxygen atoms in total. The fraction of sp³-hybridized carbons (Fsp3) is 0.381. The van der Waals surface area contributed by atoms with Crippen molar-refractivity contribution in [3.8, 4) is 5.75 Å². The van der Waals surface area contributed by atoms with Crippen molar-refractivity contribution in [1.29, 1.82) is 0 Å². The van der Waals surface area contributed by atoms with Crippen molar-refractivity contribution in [1.82, 2.24) is 5.32 Å². The molecule has 0 heterocycles. The van der Waals surface area contributed by atoms with Crippen molar-refractivity contribution in [2.45, 2.75) is 45.1 Å². The zero-order valence-corrected chi connectivity index (χ0v) is 14.4. The van der Waals surface area contributed by atoms with Crippen LogP contribution in [0.5, 0.6) is 5.75 Å². The van der Waals surface area contributed by atoms with E-state index in [0.717, 1.165) is 25.0 Å². The molecule has 2 aromatic carbocycles. The van der Waals surface area contributed by atoms with Crippen molar-refractivity contribution < 1.29 is 9.53 Å². The maximum Gasteiger partial charge on any atom is 0.258 e. The zero-order valence-electron chi connectivity index (χ0n) is 14.4. The van der Waals surface area contributed by atoms with Gasteiger partial charge in [-0.2, -0.15) is 0 Å². The topological polar surface area (TPSA) is 38.3 Å². The first-order valence-corrected chi connectivity index (χ1v) is 8.78. The third-order valence-electron chi connectivity index (χ3n) is 4.89. The Morgan fingerprint density at radius 1 is 1.21 bits per heavy atom. The van der Waals surface area contributed by atoms with Crippen LogP contribution in [-0.4, -0.2) is 12.5 Å². The lowest BCUT2D eigenvalue weighted by atomic mass is 9.98. The van der Waals surface area contributed by atoms with E-state index in [1.807, 2.05) is 24.3 Å². The maximum atomic E-state index is 12.3. The van der Waals surface area contributed by atoms with Gasteiger partial charge in [0.1, 0.15) is 5.75 Å². The number of rotatable bonds is 6. The minimum atomic E-state index is -0.0596. The van der Waals surface area contributed by atoms with Gasteiger partial charge in [-0.25, -0.2) is 0 Å². The number of nitrogens with one attached hydrogen (secondary N) is 1. The highest BCUT2D eigenvalue weighted by Gasteiger charge is 2.23. The summed E-state index contributed by atoms with van der Waals surface area (Å²) in [6.07, 6.45) is 3.04. The largest absolute Gasteiger partial charge is 0.483 e. The minimum Gasteiger partial charge on any atom is -0.483 e. The molecule has 0 spiro atoms. The molecule has 0 fully saturated rings. The summed E-state index contributed by atoms with van der Waals surface area (Å²) < 4.78 is 5.81. The van der Waals surface area contributed by atoms with Crippen LogP contribution in [0.3, 0.4) is 0 Å². The van der Waals surface area contributed by atoms with Gasteiger partial charge in [0.25, 0.3) is 5.91 Å². The molecule has 1 amide bonds. The molecule has 2 atom stereocenters. The SMILES string of the molecule is CCC(C)c1ccccc1OCC(=O)NC1CCc2ccccc21. The molecular formula is C21H25NO2. The Bertz CT molecular complexity index is 710. The van der Waals surface area contributed by atoms with Gasteiger partial charge in [-0.05, 0) is 47.9 Å². The Balaban J connectivity index is 1.59. The van der Waals surface area contributed by atoms with Crippen LogP contribution in [0, 0.1) is 0 Å². The average molecular weight is 323 g/mol. The molecule has 1 aliphatic rings. The number of para-hydroxylation sites is 1. The number of hydrogen-bond donors (Lipinski definition) is 1. The van der Waals surface area contributed by atoms with Crippen molar-refractivity contribution in [3.05, 3.63) is 65.2 Å². The van der Waals surface area contributed by atoms with Gasteiger partial charge in [-0.1, -0.05) is 56.3 Å². The van der Waals surface area contributed by atoms with Crippen LogP contribution in [-0.2, 0) is 11.2 Å². The molecular weight excluding hydrogens is 298 g/mol. The summed E-state index contributed by atoms with van der Waals surface area (Å²) in [5, 5.41) is 3.10. The first kappa shape index (κ1) is 16.6. The third-order valence-corrected chi connectivity index (χ3v) is 4.89. The van der Waals surface area contributed by atoms with Crippen LogP contribution in [0.25, 0.3) is 0 Å². The number of benzene rings is 2. The molecule has 3 rings (SSSR count). The average Bonchev–Trinajstić information content (AvgIpc) is 3.02. The lowest BCUT2D eigenvalue weighted by Crippen LogP contribution is -2.31. The highest BCUT2D eigenvalue weighted by atomic mass is 16.5. The third kappa shape index (κ3) is 3.61. The number of fused-ring (bicyclic) bond motifs is 1. The fourth-order valence-electron chi connectivity index (χ4n) is 3.33. The summed E-state index contributed by atoms with van der Waals surface area (Å²) in [6.45, 7) is 4.40. The Morgan fingerprint density at radius 3 is 2.79 bits per heavy atom. The summed E-state index contributed by atoms with van der Waals surface area (Å²) in [5.41, 5.74) is 3.75. The summed E-state index contributed by atoms with van der Waals surface area (Å²) >= 11 is 0. The molecule has 3 heteroatoms. The van der Waals surface area contributed by atoms with Crippen molar-refractivity contribution in [2.24, 2.45) is 0 Å². The van der Waals surface area contributed by atoms with E-state index < -0.39 is 0 Å². The Hall–Kier alpha value is -2.29. The molecule has 1 N–H and O–H groups in total. The van der Waals surface area contributed by atoms with E-state index in [1.54, 1.807) is 0 Å². The quantitative estimate of drug-likeness (QED) is 0.856. The van der Waals surface area contributed by atoms with Crippen molar-refractivity contribution >= 4 is 5.91 Å². The molecule has 2 unspecified atom stereocenters. The van der Waals surface area contributed by atoms with E-state index in [1.165, 1.54) is 16.7 Å². The second kappa shape index (κ2) is 7.52. The molecule has 0 bridgehead atoms. The first-order chi connectivity index (χ1) is 11.7. The monoisotopic (exact) mass is 323 g/mol. The van der Waals surface area contributed by atoms with Gasteiger partial charge >= 0.3 is 0 Å². The van der Waals surface area contributed by atoms with Gasteiger partial charge in [0, 0.05) is 0 Å². The van der Waals surface area contributed by atoms with Gasteiger partial charge in [0.05, 0.1) is 6.04 Å². The summed E-state index contributed by atoms with van der Waals surface area (Å²) in [6, 6.07) is 16.4. The second-order valence-electron chi connectivity index (χ2n) is 6.49. The van der Waals surface area contributed by atoms with Crippen LogP contribution >= 0.6 is 0 Å². The van der Waals surface area contributed by atoms with Crippen LogP contribution in [0.4, 0.5) is 0 Å². The van der Waals surface area contributed by atoms with E-state index in [-0.39, 0.29) is 18.6 Å². The van der Waals surface area contributed by atoms with Crippen LogP contribution in [0.2, 0.25) is 0 Å². The van der Waals surface area contributed by atoms with Gasteiger partial charge in [0.15, 0.2) is 6.61 Å². The van der Waals surface area contributed by atoms with Gasteiger partial charge in [0.2, 0.25) is 0 Å². The number of carbonyl (C=O) groups is 1. The molecule has 0 aromatic heterocycles. The van der Waals surface area contributed by atoms with E-state index in [2.05, 4.69) is 43.4 Å². The molecule has 2 aromatic rings. The summed E-state index contributed by atoms with van der Waals surface area (Å²) in [7, 11) is 0. The standard InChI is InChI=1S/C21H25NO2/c1-3-15(2)17-9-6-7-11-20(17)24-14-21(23)22-19-13-12-16-8-4-5-10-18(16)19/h4-11,15,19H,3,12-14H2,1-2H3,(H,22,23). The van der Waals surface area contributed by atoms with E-state index in [9.17, 15) is 4.79 Å². The Morgan fingerprint density at radius 2 is 1.96 bits per heavy atom. The van der Waals surface area contributed by atoms with Gasteiger partial charge < -0.3 is 10.1 Å². The van der Waals surface area contributed by atoms with Gasteiger partial charge in [-0.15, -0.1) is 0 Å². The number of amides is 1. The van der Waals surface area contributed by atoms with Crippen LogP contribution in [0.1, 0.15) is 55.3 Å². The first-order valence-electron chi connectivity index (χ1n) is 8.78. The van der Waals surface area contributed by atoms with Gasteiger partial charge in [-0.3, -0.25) is 4.79 Å². The number of ether oxygens (including phenoxy) is 1. The van der Waals surface area contributed by atoms with Crippen LogP contribution in [0.15, 0.2) is 48.5 Å². The molecule has 126 valence electrons.